The Labute approximate surface area is 136 Å². The summed E-state index contributed by atoms with van der Waals surface area (Å²) in [5.41, 5.74) is 6.83. The van der Waals surface area contributed by atoms with Crippen molar-refractivity contribution in [1.82, 2.24) is 0 Å². The second kappa shape index (κ2) is 6.90. The van der Waals surface area contributed by atoms with Crippen molar-refractivity contribution < 1.29 is 13.2 Å². The average molecular weight is 348 g/mol. The maximum atomic E-state index is 12.5. The van der Waals surface area contributed by atoms with Gasteiger partial charge in [0.05, 0.1) is 15.6 Å². The molecule has 2 aromatic carbocycles. The highest BCUT2D eigenvalue weighted by Crippen LogP contribution is 2.31. The summed E-state index contributed by atoms with van der Waals surface area (Å²) in [6.07, 6.45) is -3.79. The van der Waals surface area contributed by atoms with Crippen LogP contribution in [-0.4, -0.2) is 6.54 Å². The molecular weight excluding hydrogens is 334 g/mol. The molecule has 0 fully saturated rings. The van der Waals surface area contributed by atoms with Crippen molar-refractivity contribution in [2.24, 2.45) is 5.73 Å². The van der Waals surface area contributed by atoms with E-state index in [9.17, 15) is 13.2 Å². The molecule has 0 bridgehead atoms. The van der Waals surface area contributed by atoms with Crippen LogP contribution in [0.25, 0.3) is 0 Å². The van der Waals surface area contributed by atoms with Crippen LogP contribution in [-0.2, 0) is 12.6 Å². The first-order chi connectivity index (χ1) is 10.3. The number of rotatable bonds is 4. The molecule has 1 nitrogen and oxygen atoms in total. The molecule has 0 aromatic heterocycles. The maximum absolute atomic E-state index is 12.5. The Morgan fingerprint density at radius 2 is 1.59 bits per heavy atom. The minimum absolute atomic E-state index is 0.0356. The molecule has 0 aliphatic heterocycles. The highest BCUT2D eigenvalue weighted by Gasteiger charge is 2.30. The van der Waals surface area contributed by atoms with E-state index in [4.69, 9.17) is 28.9 Å². The van der Waals surface area contributed by atoms with Crippen LogP contribution < -0.4 is 5.73 Å². The van der Waals surface area contributed by atoms with Gasteiger partial charge in [-0.25, -0.2) is 0 Å². The second-order valence-electron chi connectivity index (χ2n) is 5.00. The summed E-state index contributed by atoms with van der Waals surface area (Å²) in [5, 5.41) is 0.890. The lowest BCUT2D eigenvalue weighted by Gasteiger charge is -2.16. The first-order valence-corrected chi connectivity index (χ1v) is 7.38. The fourth-order valence-electron chi connectivity index (χ4n) is 2.22. The Balaban J connectivity index is 2.18. The molecule has 118 valence electrons. The molecule has 0 saturated heterocycles. The summed E-state index contributed by atoms with van der Waals surface area (Å²) in [6.45, 7) is 0.360. The molecule has 0 aliphatic rings. The Morgan fingerprint density at radius 1 is 0.955 bits per heavy atom. The normalized spacial score (nSPS) is 13.2. The van der Waals surface area contributed by atoms with Gasteiger partial charge in [-0.3, -0.25) is 0 Å². The van der Waals surface area contributed by atoms with E-state index >= 15 is 0 Å². The van der Waals surface area contributed by atoms with Gasteiger partial charge in [-0.05, 0) is 48.4 Å². The van der Waals surface area contributed by atoms with E-state index in [0.29, 0.717) is 23.0 Å². The predicted octanol–water partition coefficient (Wildman–Crippen LogP) is 5.30. The number of hydrogen-bond acceptors (Lipinski definition) is 1. The second-order valence-corrected chi connectivity index (χ2v) is 5.82. The molecule has 22 heavy (non-hydrogen) atoms. The van der Waals surface area contributed by atoms with E-state index < -0.39 is 11.7 Å². The third-order valence-electron chi connectivity index (χ3n) is 3.46. The highest BCUT2D eigenvalue weighted by atomic mass is 35.5. The van der Waals surface area contributed by atoms with E-state index in [-0.39, 0.29) is 5.92 Å². The Kier molecular flexibility index (Phi) is 5.37. The lowest BCUT2D eigenvalue weighted by molar-refractivity contribution is -0.137. The minimum Gasteiger partial charge on any atom is -0.330 e. The van der Waals surface area contributed by atoms with Crippen molar-refractivity contribution in [3.8, 4) is 0 Å². The molecule has 1 atom stereocenters. The van der Waals surface area contributed by atoms with Crippen molar-refractivity contribution in [3.63, 3.8) is 0 Å². The Morgan fingerprint density at radius 3 is 2.09 bits per heavy atom. The average Bonchev–Trinajstić information content (AvgIpc) is 2.47. The zero-order valence-corrected chi connectivity index (χ0v) is 13.0. The zero-order valence-electron chi connectivity index (χ0n) is 11.5. The quantitative estimate of drug-likeness (QED) is 0.798. The lowest BCUT2D eigenvalue weighted by Crippen LogP contribution is -2.15. The first-order valence-electron chi connectivity index (χ1n) is 6.62. The van der Waals surface area contributed by atoms with Gasteiger partial charge in [0, 0.05) is 5.92 Å². The van der Waals surface area contributed by atoms with E-state index in [1.807, 2.05) is 6.07 Å². The summed E-state index contributed by atoms with van der Waals surface area (Å²) < 4.78 is 37.6. The van der Waals surface area contributed by atoms with Crippen LogP contribution in [0, 0.1) is 0 Å². The highest BCUT2D eigenvalue weighted by molar-refractivity contribution is 6.42. The molecule has 1 unspecified atom stereocenters. The predicted molar refractivity (Wildman–Crippen MR) is 83.4 cm³/mol. The molecule has 0 heterocycles. The van der Waals surface area contributed by atoms with E-state index in [1.165, 1.54) is 12.1 Å². The van der Waals surface area contributed by atoms with Gasteiger partial charge in [-0.2, -0.15) is 13.2 Å². The summed E-state index contributed by atoms with van der Waals surface area (Å²) in [6, 6.07) is 10.4. The first kappa shape index (κ1) is 17.1. The molecular formula is C16H14Cl2F3N. The van der Waals surface area contributed by atoms with E-state index in [1.54, 1.807) is 12.1 Å². The standard InChI is InChI=1S/C16H14Cl2F3N/c17-14-6-3-11(8-15(14)18)12(9-22)7-10-1-4-13(5-2-10)16(19,20)21/h1-6,8,12H,7,9,22H2. The van der Waals surface area contributed by atoms with Gasteiger partial charge in [0.2, 0.25) is 0 Å². The van der Waals surface area contributed by atoms with Crippen LogP contribution in [0.15, 0.2) is 42.5 Å². The largest absolute Gasteiger partial charge is 0.416 e. The number of benzene rings is 2. The number of hydrogen-bond donors (Lipinski definition) is 1. The molecule has 0 spiro atoms. The van der Waals surface area contributed by atoms with Crippen LogP contribution >= 0.6 is 23.2 Å². The SMILES string of the molecule is NCC(Cc1ccc(C(F)(F)F)cc1)c1ccc(Cl)c(Cl)c1. The lowest BCUT2D eigenvalue weighted by atomic mass is 9.92. The van der Waals surface area contributed by atoms with Crippen molar-refractivity contribution in [3.05, 3.63) is 69.2 Å². The van der Waals surface area contributed by atoms with Crippen LogP contribution in [0.1, 0.15) is 22.6 Å². The van der Waals surface area contributed by atoms with Gasteiger partial charge in [-0.1, -0.05) is 41.4 Å². The summed E-state index contributed by atoms with van der Waals surface area (Å²) >= 11 is 11.9. The third kappa shape index (κ3) is 4.15. The molecule has 2 rings (SSSR count). The smallest absolute Gasteiger partial charge is 0.330 e. The monoisotopic (exact) mass is 347 g/mol. The van der Waals surface area contributed by atoms with Crippen LogP contribution in [0.5, 0.6) is 0 Å². The van der Waals surface area contributed by atoms with Gasteiger partial charge in [-0.15, -0.1) is 0 Å². The molecule has 0 aliphatic carbocycles. The summed E-state index contributed by atoms with van der Waals surface area (Å²) in [4.78, 5) is 0. The van der Waals surface area contributed by atoms with Crippen molar-refractivity contribution in [2.75, 3.05) is 6.54 Å². The maximum Gasteiger partial charge on any atom is 0.416 e. The zero-order chi connectivity index (χ0) is 16.3. The number of halogens is 5. The van der Waals surface area contributed by atoms with E-state index in [2.05, 4.69) is 0 Å². The van der Waals surface area contributed by atoms with Crippen molar-refractivity contribution in [1.29, 1.82) is 0 Å². The minimum atomic E-state index is -4.32. The van der Waals surface area contributed by atoms with Gasteiger partial charge >= 0.3 is 6.18 Å². The molecule has 0 radical (unpaired) electrons. The molecule has 2 aromatic rings. The van der Waals surface area contributed by atoms with Crippen LogP contribution in [0.4, 0.5) is 13.2 Å². The van der Waals surface area contributed by atoms with Crippen molar-refractivity contribution >= 4 is 23.2 Å². The van der Waals surface area contributed by atoms with E-state index in [0.717, 1.165) is 23.3 Å². The van der Waals surface area contributed by atoms with Crippen LogP contribution in [0.3, 0.4) is 0 Å². The van der Waals surface area contributed by atoms with Gasteiger partial charge in [0.25, 0.3) is 0 Å². The topological polar surface area (TPSA) is 26.0 Å². The summed E-state index contributed by atoms with van der Waals surface area (Å²) in [5.74, 6) is -0.0356. The molecule has 6 heteroatoms. The third-order valence-corrected chi connectivity index (χ3v) is 4.20. The number of nitrogens with two attached hydrogens (primary N) is 1. The Hall–Kier alpha value is -1.23. The fraction of sp³-hybridized carbons (Fsp3) is 0.250. The van der Waals surface area contributed by atoms with Crippen LogP contribution in [0.2, 0.25) is 10.0 Å². The van der Waals surface area contributed by atoms with Crippen molar-refractivity contribution in [2.45, 2.75) is 18.5 Å². The van der Waals surface area contributed by atoms with Gasteiger partial charge in [0.15, 0.2) is 0 Å². The molecule has 2 N–H and O–H groups in total. The molecule has 0 amide bonds. The Bertz CT molecular complexity index is 639. The summed E-state index contributed by atoms with van der Waals surface area (Å²) in [7, 11) is 0. The number of alkyl halides is 3. The molecule has 0 saturated carbocycles. The van der Waals surface area contributed by atoms with Gasteiger partial charge in [0.1, 0.15) is 0 Å². The fourth-order valence-corrected chi connectivity index (χ4v) is 2.52. The van der Waals surface area contributed by atoms with Gasteiger partial charge < -0.3 is 5.73 Å².